The first-order valence-electron chi connectivity index (χ1n) is 7.70. The van der Waals surface area contributed by atoms with Crippen molar-refractivity contribution in [2.24, 2.45) is 5.92 Å². The number of hydrogen-bond donors (Lipinski definition) is 1. The van der Waals surface area contributed by atoms with Gasteiger partial charge in [0.15, 0.2) is 0 Å². The Bertz CT molecular complexity index is 581. The standard InChI is InChI=1S/C17H27N3S/c1-13(2)9-11-21-16-14(12-18-17(3,4)5)20-10-7-6-8-15(20)19-16/h6-8,10,13,18H,9,11-12H2,1-5H3. The molecule has 0 atom stereocenters. The fraction of sp³-hybridized carbons (Fsp3) is 0.588. The molecule has 3 nitrogen and oxygen atoms in total. The lowest BCUT2D eigenvalue weighted by Crippen LogP contribution is -2.35. The molecule has 21 heavy (non-hydrogen) atoms. The second kappa shape index (κ2) is 6.84. The van der Waals surface area contributed by atoms with E-state index < -0.39 is 0 Å². The molecule has 116 valence electrons. The molecule has 4 heteroatoms. The smallest absolute Gasteiger partial charge is 0.138 e. The second-order valence-electron chi connectivity index (χ2n) is 6.93. The maximum absolute atomic E-state index is 4.80. The molecule has 0 bridgehead atoms. The van der Waals surface area contributed by atoms with Gasteiger partial charge in [0.1, 0.15) is 10.7 Å². The van der Waals surface area contributed by atoms with E-state index in [1.165, 1.54) is 17.1 Å². The van der Waals surface area contributed by atoms with E-state index in [0.29, 0.717) is 0 Å². The Balaban J connectivity index is 2.21. The molecule has 0 amide bonds. The van der Waals surface area contributed by atoms with Crippen molar-refractivity contribution in [2.45, 2.75) is 58.1 Å². The van der Waals surface area contributed by atoms with E-state index in [1.807, 2.05) is 17.8 Å². The zero-order chi connectivity index (χ0) is 15.5. The van der Waals surface area contributed by atoms with Crippen molar-refractivity contribution in [1.82, 2.24) is 14.7 Å². The Kier molecular flexibility index (Phi) is 5.33. The summed E-state index contributed by atoms with van der Waals surface area (Å²) in [5.74, 6) is 1.87. The molecule has 0 aliphatic carbocycles. The minimum atomic E-state index is 0.110. The number of fused-ring (bicyclic) bond motifs is 1. The Labute approximate surface area is 132 Å². The average Bonchev–Trinajstić information content (AvgIpc) is 2.72. The lowest BCUT2D eigenvalue weighted by molar-refractivity contribution is 0.418. The Morgan fingerprint density at radius 2 is 2.05 bits per heavy atom. The maximum atomic E-state index is 4.80. The van der Waals surface area contributed by atoms with Crippen LogP contribution < -0.4 is 5.32 Å². The number of aromatic nitrogens is 2. The van der Waals surface area contributed by atoms with Crippen LogP contribution in [0.5, 0.6) is 0 Å². The molecule has 0 fully saturated rings. The molecular weight excluding hydrogens is 278 g/mol. The van der Waals surface area contributed by atoms with Crippen LogP contribution in [0.1, 0.15) is 46.7 Å². The molecule has 0 aliphatic heterocycles. The number of rotatable bonds is 6. The summed E-state index contributed by atoms with van der Waals surface area (Å²) in [6, 6.07) is 6.19. The minimum absolute atomic E-state index is 0.110. The topological polar surface area (TPSA) is 29.3 Å². The molecule has 1 N–H and O–H groups in total. The highest BCUT2D eigenvalue weighted by Crippen LogP contribution is 2.25. The first kappa shape index (κ1) is 16.4. The van der Waals surface area contributed by atoms with E-state index in [0.717, 1.165) is 23.9 Å². The van der Waals surface area contributed by atoms with Crippen LogP contribution in [0.3, 0.4) is 0 Å². The summed E-state index contributed by atoms with van der Waals surface area (Å²) in [6.45, 7) is 12.0. The van der Waals surface area contributed by atoms with Gasteiger partial charge in [-0.05, 0) is 51.0 Å². The predicted octanol–water partition coefficient (Wildman–Crippen LogP) is 4.36. The van der Waals surface area contributed by atoms with Gasteiger partial charge < -0.3 is 9.72 Å². The number of imidazole rings is 1. The fourth-order valence-corrected chi connectivity index (χ4v) is 3.32. The van der Waals surface area contributed by atoms with Crippen LogP contribution >= 0.6 is 11.8 Å². The van der Waals surface area contributed by atoms with Crippen molar-refractivity contribution in [3.8, 4) is 0 Å². The van der Waals surface area contributed by atoms with Gasteiger partial charge in [-0.1, -0.05) is 19.9 Å². The third kappa shape index (κ3) is 4.75. The lowest BCUT2D eigenvalue weighted by Gasteiger charge is -2.20. The number of nitrogens with one attached hydrogen (secondary N) is 1. The minimum Gasteiger partial charge on any atom is -0.306 e. The van der Waals surface area contributed by atoms with Crippen LogP contribution in [0.25, 0.3) is 5.65 Å². The number of pyridine rings is 1. The van der Waals surface area contributed by atoms with E-state index in [9.17, 15) is 0 Å². The predicted molar refractivity (Wildman–Crippen MR) is 92.0 cm³/mol. The van der Waals surface area contributed by atoms with Crippen molar-refractivity contribution in [3.05, 3.63) is 30.1 Å². The summed E-state index contributed by atoms with van der Waals surface area (Å²) >= 11 is 1.88. The van der Waals surface area contributed by atoms with Crippen LogP contribution in [-0.4, -0.2) is 20.7 Å². The van der Waals surface area contributed by atoms with Gasteiger partial charge in [0.05, 0.1) is 5.69 Å². The van der Waals surface area contributed by atoms with Gasteiger partial charge >= 0.3 is 0 Å². The van der Waals surface area contributed by atoms with E-state index in [2.05, 4.69) is 62.7 Å². The van der Waals surface area contributed by atoms with Crippen molar-refractivity contribution in [2.75, 3.05) is 5.75 Å². The number of hydrogen-bond acceptors (Lipinski definition) is 3. The Morgan fingerprint density at radius 3 is 2.71 bits per heavy atom. The second-order valence-corrected chi connectivity index (χ2v) is 8.01. The molecule has 0 saturated heterocycles. The van der Waals surface area contributed by atoms with E-state index in [1.54, 1.807) is 0 Å². The lowest BCUT2D eigenvalue weighted by atomic mass is 10.1. The van der Waals surface area contributed by atoms with Gasteiger partial charge in [0.25, 0.3) is 0 Å². The van der Waals surface area contributed by atoms with Crippen LogP contribution in [0.15, 0.2) is 29.4 Å². The molecule has 2 aromatic rings. The van der Waals surface area contributed by atoms with Crippen molar-refractivity contribution < 1.29 is 0 Å². The summed E-state index contributed by atoms with van der Waals surface area (Å²) < 4.78 is 2.20. The summed E-state index contributed by atoms with van der Waals surface area (Å²) in [6.07, 6.45) is 3.33. The number of nitrogens with zero attached hydrogens (tertiary/aromatic N) is 2. The third-order valence-electron chi connectivity index (χ3n) is 3.31. The third-order valence-corrected chi connectivity index (χ3v) is 4.35. The van der Waals surface area contributed by atoms with Crippen LogP contribution in [0.4, 0.5) is 0 Å². The van der Waals surface area contributed by atoms with Crippen molar-refractivity contribution in [3.63, 3.8) is 0 Å². The SMILES string of the molecule is CC(C)CCSc1nc2ccccn2c1CNC(C)(C)C. The highest BCUT2D eigenvalue weighted by atomic mass is 32.2. The molecular formula is C17H27N3S. The Hall–Kier alpha value is -1.00. The average molecular weight is 305 g/mol. The van der Waals surface area contributed by atoms with Crippen LogP contribution in [0, 0.1) is 5.92 Å². The molecule has 2 rings (SSSR count). The van der Waals surface area contributed by atoms with E-state index in [4.69, 9.17) is 4.98 Å². The van der Waals surface area contributed by atoms with Crippen LogP contribution in [0.2, 0.25) is 0 Å². The van der Waals surface area contributed by atoms with Gasteiger partial charge in [0.2, 0.25) is 0 Å². The van der Waals surface area contributed by atoms with Crippen molar-refractivity contribution in [1.29, 1.82) is 0 Å². The zero-order valence-corrected chi connectivity index (χ0v) is 14.6. The quantitative estimate of drug-likeness (QED) is 0.804. The molecule has 0 unspecified atom stereocenters. The molecule has 0 aromatic carbocycles. The first-order valence-corrected chi connectivity index (χ1v) is 8.69. The molecule has 0 aliphatic rings. The molecule has 0 saturated carbocycles. The largest absolute Gasteiger partial charge is 0.306 e. The van der Waals surface area contributed by atoms with Gasteiger partial charge in [-0.15, -0.1) is 11.8 Å². The normalized spacial score (nSPS) is 12.5. The van der Waals surface area contributed by atoms with Crippen LogP contribution in [-0.2, 0) is 6.54 Å². The van der Waals surface area contributed by atoms with Crippen molar-refractivity contribution >= 4 is 17.4 Å². The van der Waals surface area contributed by atoms with Gasteiger partial charge in [-0.25, -0.2) is 4.98 Å². The van der Waals surface area contributed by atoms with E-state index in [-0.39, 0.29) is 5.54 Å². The molecule has 2 aromatic heterocycles. The Morgan fingerprint density at radius 1 is 1.29 bits per heavy atom. The highest BCUT2D eigenvalue weighted by molar-refractivity contribution is 7.99. The fourth-order valence-electron chi connectivity index (χ4n) is 2.04. The highest BCUT2D eigenvalue weighted by Gasteiger charge is 2.15. The summed E-state index contributed by atoms with van der Waals surface area (Å²) in [7, 11) is 0. The molecule has 0 spiro atoms. The monoisotopic (exact) mass is 305 g/mol. The maximum Gasteiger partial charge on any atom is 0.138 e. The molecule has 0 radical (unpaired) electrons. The molecule has 2 heterocycles. The summed E-state index contributed by atoms with van der Waals surface area (Å²) in [5.41, 5.74) is 2.42. The zero-order valence-electron chi connectivity index (χ0n) is 13.8. The summed E-state index contributed by atoms with van der Waals surface area (Å²) in [5, 5.41) is 4.75. The first-order chi connectivity index (χ1) is 9.87. The number of thioether (sulfide) groups is 1. The van der Waals surface area contributed by atoms with E-state index >= 15 is 0 Å². The van der Waals surface area contributed by atoms with Gasteiger partial charge in [-0.3, -0.25) is 0 Å². The van der Waals surface area contributed by atoms with Gasteiger partial charge in [-0.2, -0.15) is 0 Å². The van der Waals surface area contributed by atoms with Gasteiger partial charge in [0, 0.05) is 18.3 Å². The summed E-state index contributed by atoms with van der Waals surface area (Å²) in [4.78, 5) is 4.80.